The van der Waals surface area contributed by atoms with Gasteiger partial charge in [-0.1, -0.05) is 13.8 Å². The van der Waals surface area contributed by atoms with Gasteiger partial charge in [-0.3, -0.25) is 0 Å². The van der Waals surface area contributed by atoms with Gasteiger partial charge in [0.1, 0.15) is 16.4 Å². The van der Waals surface area contributed by atoms with Gasteiger partial charge in [0.05, 0.1) is 0 Å². The van der Waals surface area contributed by atoms with E-state index < -0.39 is 10.0 Å². The number of hydrogen-bond donors (Lipinski definition) is 1. The number of aryl methyl sites for hydroxylation is 2. The summed E-state index contributed by atoms with van der Waals surface area (Å²) in [7, 11) is -1.68. The number of sulfonamides is 1. The number of furan rings is 1. The maximum Gasteiger partial charge on any atom is 0.246 e. The molecule has 0 spiro atoms. The Morgan fingerprint density at radius 1 is 1.17 bits per heavy atom. The highest BCUT2D eigenvalue weighted by Crippen LogP contribution is 2.29. The Morgan fingerprint density at radius 3 is 2.17 bits per heavy atom. The molecule has 0 aromatic carbocycles. The fraction of sp³-hybridized carbons (Fsp3) is 0.667. The first-order chi connectivity index (χ1) is 8.39. The molecule has 0 bridgehead atoms. The fourth-order valence-corrected chi connectivity index (χ4v) is 3.99. The molecule has 0 saturated heterocycles. The predicted molar refractivity (Wildman–Crippen MR) is 71.1 cm³/mol. The van der Waals surface area contributed by atoms with Gasteiger partial charge in [0.15, 0.2) is 0 Å². The molecule has 18 heavy (non-hydrogen) atoms. The van der Waals surface area contributed by atoms with Gasteiger partial charge in [-0.25, -0.2) is 8.42 Å². The molecule has 104 valence electrons. The summed E-state index contributed by atoms with van der Waals surface area (Å²) in [4.78, 5) is 0.318. The molecule has 0 amide bonds. The Balaban J connectivity index is 3.40. The Morgan fingerprint density at radius 2 is 1.72 bits per heavy atom. The summed E-state index contributed by atoms with van der Waals surface area (Å²) in [6.07, 6.45) is 0. The van der Waals surface area contributed by atoms with Crippen LogP contribution in [0.25, 0.3) is 0 Å². The van der Waals surface area contributed by atoms with Crippen LogP contribution in [-0.2, 0) is 16.6 Å². The van der Waals surface area contributed by atoms with Crippen LogP contribution in [0.15, 0.2) is 9.31 Å². The van der Waals surface area contributed by atoms with Crippen LogP contribution in [-0.4, -0.2) is 32.9 Å². The van der Waals surface area contributed by atoms with Gasteiger partial charge in [0, 0.05) is 25.2 Å². The first-order valence-electron chi connectivity index (χ1n) is 6.13. The maximum atomic E-state index is 12.6. The largest absolute Gasteiger partial charge is 0.465 e. The maximum absolute atomic E-state index is 12.6. The molecule has 0 fully saturated rings. The molecule has 0 radical (unpaired) electrons. The highest BCUT2D eigenvalue weighted by molar-refractivity contribution is 7.89. The van der Waals surface area contributed by atoms with E-state index in [1.807, 2.05) is 13.8 Å². The molecule has 0 saturated carbocycles. The molecular formula is C12H22N2O3S. The molecule has 0 unspecified atom stereocenters. The molecule has 1 N–H and O–H groups in total. The molecule has 0 atom stereocenters. The van der Waals surface area contributed by atoms with Crippen molar-refractivity contribution < 1.29 is 12.8 Å². The molecule has 0 aliphatic carbocycles. The van der Waals surface area contributed by atoms with Gasteiger partial charge < -0.3 is 9.73 Å². The number of nitrogens with one attached hydrogen (secondary N) is 1. The predicted octanol–water partition coefficient (Wildman–Crippen LogP) is 1.65. The van der Waals surface area contributed by atoms with Crippen molar-refractivity contribution in [2.24, 2.45) is 0 Å². The molecule has 0 aliphatic heterocycles. The standard InChI is InChI=1S/C12H22N2O3S/c1-6-14(7-2)18(15,16)12-10(4)17-9(3)11(12)8-13-5/h13H,6-8H2,1-5H3. The van der Waals surface area contributed by atoms with E-state index in [2.05, 4.69) is 5.32 Å². The minimum Gasteiger partial charge on any atom is -0.465 e. The third-order valence-electron chi connectivity index (χ3n) is 2.98. The van der Waals surface area contributed by atoms with Crippen molar-refractivity contribution in [3.05, 3.63) is 17.1 Å². The lowest BCUT2D eigenvalue weighted by molar-refractivity contribution is 0.440. The third kappa shape index (κ3) is 2.60. The summed E-state index contributed by atoms with van der Waals surface area (Å²) >= 11 is 0. The highest BCUT2D eigenvalue weighted by Gasteiger charge is 2.30. The molecule has 6 heteroatoms. The monoisotopic (exact) mass is 274 g/mol. The zero-order chi connectivity index (χ0) is 13.9. The van der Waals surface area contributed by atoms with Crippen LogP contribution in [0, 0.1) is 13.8 Å². The van der Waals surface area contributed by atoms with Crippen LogP contribution < -0.4 is 5.32 Å². The smallest absolute Gasteiger partial charge is 0.246 e. The Hall–Kier alpha value is -0.850. The van der Waals surface area contributed by atoms with E-state index in [9.17, 15) is 8.42 Å². The summed E-state index contributed by atoms with van der Waals surface area (Å²) < 4.78 is 32.1. The second kappa shape index (κ2) is 5.86. The van der Waals surface area contributed by atoms with Crippen molar-refractivity contribution in [1.82, 2.24) is 9.62 Å². The zero-order valence-electron chi connectivity index (χ0n) is 11.7. The second-order valence-electron chi connectivity index (χ2n) is 4.14. The summed E-state index contributed by atoms with van der Waals surface area (Å²) in [5.74, 6) is 1.12. The van der Waals surface area contributed by atoms with Crippen molar-refractivity contribution in [1.29, 1.82) is 0 Å². The first kappa shape index (κ1) is 15.2. The van der Waals surface area contributed by atoms with E-state index in [1.54, 1.807) is 20.9 Å². The van der Waals surface area contributed by atoms with E-state index in [-0.39, 0.29) is 0 Å². The lowest BCUT2D eigenvalue weighted by Gasteiger charge is -2.19. The Kier molecular flexibility index (Phi) is 4.95. The van der Waals surface area contributed by atoms with E-state index in [4.69, 9.17) is 4.42 Å². The highest BCUT2D eigenvalue weighted by atomic mass is 32.2. The van der Waals surface area contributed by atoms with Crippen LogP contribution >= 0.6 is 0 Å². The average Bonchev–Trinajstić information content (AvgIpc) is 2.56. The summed E-state index contributed by atoms with van der Waals surface area (Å²) in [6.45, 7) is 8.56. The molecule has 1 aromatic rings. The van der Waals surface area contributed by atoms with Gasteiger partial charge in [-0.05, 0) is 20.9 Å². The summed E-state index contributed by atoms with van der Waals surface area (Å²) in [5, 5.41) is 2.98. The van der Waals surface area contributed by atoms with Crippen molar-refractivity contribution in [2.45, 2.75) is 39.1 Å². The molecule has 0 aliphatic rings. The van der Waals surface area contributed by atoms with Crippen LogP contribution in [0.5, 0.6) is 0 Å². The van der Waals surface area contributed by atoms with Crippen LogP contribution in [0.4, 0.5) is 0 Å². The number of rotatable bonds is 6. The normalized spacial score (nSPS) is 12.3. The van der Waals surface area contributed by atoms with Crippen molar-refractivity contribution in [3.8, 4) is 0 Å². The van der Waals surface area contributed by atoms with Crippen LogP contribution in [0.2, 0.25) is 0 Å². The number of nitrogens with zero attached hydrogens (tertiary/aromatic N) is 1. The minimum atomic E-state index is -3.46. The van der Waals surface area contributed by atoms with Gasteiger partial charge >= 0.3 is 0 Å². The van der Waals surface area contributed by atoms with Crippen molar-refractivity contribution in [3.63, 3.8) is 0 Å². The van der Waals surface area contributed by atoms with E-state index >= 15 is 0 Å². The van der Waals surface area contributed by atoms with Crippen LogP contribution in [0.3, 0.4) is 0 Å². The molecule has 1 rings (SSSR count). The van der Waals surface area contributed by atoms with Gasteiger partial charge in [0.25, 0.3) is 0 Å². The third-order valence-corrected chi connectivity index (χ3v) is 5.23. The second-order valence-corrected chi connectivity index (χ2v) is 6.02. The van der Waals surface area contributed by atoms with Gasteiger partial charge in [0.2, 0.25) is 10.0 Å². The topological polar surface area (TPSA) is 62.6 Å². The van der Waals surface area contributed by atoms with Crippen molar-refractivity contribution in [2.75, 3.05) is 20.1 Å². The minimum absolute atomic E-state index is 0.318. The Bertz CT molecular complexity index is 502. The van der Waals surface area contributed by atoms with Crippen molar-refractivity contribution >= 4 is 10.0 Å². The lowest BCUT2D eigenvalue weighted by atomic mass is 10.2. The van der Waals surface area contributed by atoms with Gasteiger partial charge in [-0.15, -0.1) is 0 Å². The zero-order valence-corrected chi connectivity index (χ0v) is 12.5. The fourth-order valence-electron chi connectivity index (χ4n) is 2.12. The van der Waals surface area contributed by atoms with E-state index in [0.29, 0.717) is 36.1 Å². The van der Waals surface area contributed by atoms with Gasteiger partial charge in [-0.2, -0.15) is 4.31 Å². The average molecular weight is 274 g/mol. The van der Waals surface area contributed by atoms with Crippen LogP contribution in [0.1, 0.15) is 30.9 Å². The SMILES string of the molecule is CCN(CC)S(=O)(=O)c1c(C)oc(C)c1CNC. The summed E-state index contributed by atoms with van der Waals surface area (Å²) in [6, 6.07) is 0. The van der Waals surface area contributed by atoms with E-state index in [0.717, 1.165) is 5.56 Å². The molecule has 5 nitrogen and oxygen atoms in total. The Labute approximate surface area is 109 Å². The quantitative estimate of drug-likeness (QED) is 0.856. The summed E-state index contributed by atoms with van der Waals surface area (Å²) in [5.41, 5.74) is 0.724. The molecule has 1 aromatic heterocycles. The first-order valence-corrected chi connectivity index (χ1v) is 7.57. The van der Waals surface area contributed by atoms with E-state index in [1.165, 1.54) is 4.31 Å². The number of hydrogen-bond acceptors (Lipinski definition) is 4. The lowest BCUT2D eigenvalue weighted by Crippen LogP contribution is -2.31. The molecular weight excluding hydrogens is 252 g/mol. The molecule has 1 heterocycles.